The first-order valence-electron chi connectivity index (χ1n) is 6.89. The molecule has 0 aromatic heterocycles. The molecule has 1 rings (SSSR count). The number of carbonyl (C=O) groups is 2. The van der Waals surface area contributed by atoms with Crippen molar-refractivity contribution >= 4 is 17.5 Å². The summed E-state index contributed by atoms with van der Waals surface area (Å²) in [5.74, 6) is -0.364. The smallest absolute Gasteiger partial charge is 0.251 e. The van der Waals surface area contributed by atoms with Crippen LogP contribution in [-0.4, -0.2) is 24.9 Å². The zero-order valence-electron chi connectivity index (χ0n) is 12.3. The van der Waals surface area contributed by atoms with E-state index in [9.17, 15) is 9.59 Å². The standard InChI is InChI=1S/C15H23N3O2/c1-4-17-15(20)12-6-5-10(2)13(9-12)18-14(19)11(3)7-8-16/h5-6,9,11H,4,7-8,16H2,1-3H3,(H,17,20)(H,18,19). The Bertz CT molecular complexity index is 486. The van der Waals surface area contributed by atoms with Crippen LogP contribution in [-0.2, 0) is 4.79 Å². The van der Waals surface area contributed by atoms with Crippen molar-refractivity contribution in [3.8, 4) is 0 Å². The Kier molecular flexibility index (Phi) is 6.18. The van der Waals surface area contributed by atoms with Gasteiger partial charge in [-0.1, -0.05) is 13.0 Å². The summed E-state index contributed by atoms with van der Waals surface area (Å²) in [6.45, 7) is 6.65. The number of anilines is 1. The summed E-state index contributed by atoms with van der Waals surface area (Å²) in [6, 6.07) is 5.28. The van der Waals surface area contributed by atoms with E-state index in [1.807, 2.05) is 26.8 Å². The normalized spacial score (nSPS) is 11.8. The molecule has 0 saturated carbocycles. The molecule has 4 N–H and O–H groups in total. The first-order chi connectivity index (χ1) is 9.49. The molecule has 0 bridgehead atoms. The highest BCUT2D eigenvalue weighted by molar-refractivity contribution is 5.98. The fraction of sp³-hybridized carbons (Fsp3) is 0.467. The zero-order valence-corrected chi connectivity index (χ0v) is 12.3. The number of rotatable bonds is 6. The third-order valence-corrected chi connectivity index (χ3v) is 3.14. The van der Waals surface area contributed by atoms with Gasteiger partial charge in [0.1, 0.15) is 0 Å². The first kappa shape index (κ1) is 16.2. The molecule has 1 aromatic carbocycles. The average Bonchev–Trinajstić information content (AvgIpc) is 2.41. The third-order valence-electron chi connectivity index (χ3n) is 3.14. The molecule has 0 heterocycles. The van der Waals surface area contributed by atoms with Gasteiger partial charge >= 0.3 is 0 Å². The molecule has 2 amide bonds. The number of aryl methyl sites for hydroxylation is 1. The Morgan fingerprint density at radius 3 is 2.65 bits per heavy atom. The van der Waals surface area contributed by atoms with E-state index in [-0.39, 0.29) is 17.7 Å². The van der Waals surface area contributed by atoms with Crippen LogP contribution >= 0.6 is 0 Å². The highest BCUT2D eigenvalue weighted by Gasteiger charge is 2.14. The van der Waals surface area contributed by atoms with E-state index in [0.29, 0.717) is 30.8 Å². The average molecular weight is 277 g/mol. The zero-order chi connectivity index (χ0) is 15.1. The van der Waals surface area contributed by atoms with Gasteiger partial charge in [-0.05, 0) is 44.5 Å². The van der Waals surface area contributed by atoms with Crippen molar-refractivity contribution < 1.29 is 9.59 Å². The second-order valence-electron chi connectivity index (χ2n) is 4.86. The quantitative estimate of drug-likeness (QED) is 0.739. The molecule has 20 heavy (non-hydrogen) atoms. The number of nitrogens with one attached hydrogen (secondary N) is 2. The van der Waals surface area contributed by atoms with Crippen LogP contribution in [0.5, 0.6) is 0 Å². The fourth-order valence-corrected chi connectivity index (χ4v) is 1.80. The summed E-state index contributed by atoms with van der Waals surface area (Å²) in [6.07, 6.45) is 0.640. The third kappa shape index (κ3) is 4.35. The number of benzene rings is 1. The van der Waals surface area contributed by atoms with Gasteiger partial charge in [-0.2, -0.15) is 0 Å². The second-order valence-corrected chi connectivity index (χ2v) is 4.86. The Labute approximate surface area is 119 Å². The van der Waals surface area contributed by atoms with Gasteiger partial charge in [-0.25, -0.2) is 0 Å². The van der Waals surface area contributed by atoms with Crippen LogP contribution in [0.2, 0.25) is 0 Å². The molecule has 0 aliphatic heterocycles. The van der Waals surface area contributed by atoms with Crippen LogP contribution in [0, 0.1) is 12.8 Å². The Morgan fingerprint density at radius 2 is 2.05 bits per heavy atom. The molecule has 0 radical (unpaired) electrons. The molecule has 0 saturated heterocycles. The van der Waals surface area contributed by atoms with Crippen molar-refractivity contribution in [3.05, 3.63) is 29.3 Å². The number of hydrogen-bond acceptors (Lipinski definition) is 3. The molecule has 5 nitrogen and oxygen atoms in total. The Balaban J connectivity index is 2.86. The number of nitrogens with two attached hydrogens (primary N) is 1. The predicted molar refractivity (Wildman–Crippen MR) is 80.7 cm³/mol. The van der Waals surface area contributed by atoms with E-state index < -0.39 is 0 Å². The SMILES string of the molecule is CCNC(=O)c1ccc(C)c(NC(=O)C(C)CCN)c1. The summed E-state index contributed by atoms with van der Waals surface area (Å²) in [7, 11) is 0. The monoisotopic (exact) mass is 277 g/mol. The number of hydrogen-bond donors (Lipinski definition) is 3. The van der Waals surface area contributed by atoms with E-state index in [4.69, 9.17) is 5.73 Å². The molecule has 110 valence electrons. The van der Waals surface area contributed by atoms with Crippen LogP contribution in [0.1, 0.15) is 36.2 Å². The summed E-state index contributed by atoms with van der Waals surface area (Å²) >= 11 is 0. The minimum Gasteiger partial charge on any atom is -0.352 e. The molecular weight excluding hydrogens is 254 g/mol. The van der Waals surface area contributed by atoms with E-state index >= 15 is 0 Å². The fourth-order valence-electron chi connectivity index (χ4n) is 1.80. The Morgan fingerprint density at radius 1 is 1.35 bits per heavy atom. The largest absolute Gasteiger partial charge is 0.352 e. The van der Waals surface area contributed by atoms with Gasteiger partial charge in [-0.15, -0.1) is 0 Å². The molecule has 0 fully saturated rings. The summed E-state index contributed by atoms with van der Waals surface area (Å²) in [5, 5.41) is 5.59. The lowest BCUT2D eigenvalue weighted by Crippen LogP contribution is -2.25. The van der Waals surface area contributed by atoms with Crippen molar-refractivity contribution in [2.24, 2.45) is 11.7 Å². The van der Waals surface area contributed by atoms with Gasteiger partial charge < -0.3 is 16.4 Å². The molecule has 1 unspecified atom stereocenters. The molecule has 5 heteroatoms. The van der Waals surface area contributed by atoms with Crippen LogP contribution in [0.25, 0.3) is 0 Å². The molecule has 0 aliphatic carbocycles. The van der Waals surface area contributed by atoms with Crippen LogP contribution in [0.3, 0.4) is 0 Å². The molecule has 0 aliphatic rings. The predicted octanol–water partition coefficient (Wildman–Crippen LogP) is 1.67. The van der Waals surface area contributed by atoms with E-state index in [0.717, 1.165) is 5.56 Å². The maximum absolute atomic E-state index is 12.0. The first-order valence-corrected chi connectivity index (χ1v) is 6.89. The van der Waals surface area contributed by atoms with Gasteiger partial charge in [0.05, 0.1) is 0 Å². The van der Waals surface area contributed by atoms with E-state index in [1.54, 1.807) is 12.1 Å². The molecular formula is C15H23N3O2. The maximum Gasteiger partial charge on any atom is 0.251 e. The van der Waals surface area contributed by atoms with Gasteiger partial charge in [0, 0.05) is 23.7 Å². The lowest BCUT2D eigenvalue weighted by molar-refractivity contribution is -0.119. The van der Waals surface area contributed by atoms with Crippen molar-refractivity contribution in [2.45, 2.75) is 27.2 Å². The van der Waals surface area contributed by atoms with Gasteiger partial charge in [0.2, 0.25) is 5.91 Å². The maximum atomic E-state index is 12.0. The van der Waals surface area contributed by atoms with Crippen LogP contribution in [0.4, 0.5) is 5.69 Å². The van der Waals surface area contributed by atoms with Crippen molar-refractivity contribution in [1.82, 2.24) is 5.32 Å². The lowest BCUT2D eigenvalue weighted by Gasteiger charge is -2.14. The minimum absolute atomic E-state index is 0.0772. The second kappa shape index (κ2) is 7.65. The lowest BCUT2D eigenvalue weighted by atomic mass is 10.1. The minimum atomic E-state index is -0.146. The van der Waals surface area contributed by atoms with E-state index in [2.05, 4.69) is 10.6 Å². The van der Waals surface area contributed by atoms with Crippen molar-refractivity contribution in [2.75, 3.05) is 18.4 Å². The molecule has 1 atom stereocenters. The number of carbonyl (C=O) groups excluding carboxylic acids is 2. The number of amides is 2. The van der Waals surface area contributed by atoms with Gasteiger partial charge in [-0.3, -0.25) is 9.59 Å². The summed E-state index contributed by atoms with van der Waals surface area (Å²) in [4.78, 5) is 23.8. The molecule has 0 spiro atoms. The van der Waals surface area contributed by atoms with Crippen LogP contribution < -0.4 is 16.4 Å². The summed E-state index contributed by atoms with van der Waals surface area (Å²) < 4.78 is 0. The highest BCUT2D eigenvalue weighted by Crippen LogP contribution is 2.18. The van der Waals surface area contributed by atoms with Gasteiger partial charge in [0.15, 0.2) is 0 Å². The molecule has 1 aromatic rings. The van der Waals surface area contributed by atoms with Crippen molar-refractivity contribution in [1.29, 1.82) is 0 Å². The summed E-state index contributed by atoms with van der Waals surface area (Å²) in [5.41, 5.74) is 7.59. The van der Waals surface area contributed by atoms with Gasteiger partial charge in [0.25, 0.3) is 5.91 Å². The Hall–Kier alpha value is -1.88. The topological polar surface area (TPSA) is 84.2 Å². The van der Waals surface area contributed by atoms with E-state index in [1.165, 1.54) is 0 Å². The highest BCUT2D eigenvalue weighted by atomic mass is 16.2. The van der Waals surface area contributed by atoms with Crippen molar-refractivity contribution in [3.63, 3.8) is 0 Å². The van der Waals surface area contributed by atoms with Crippen LogP contribution in [0.15, 0.2) is 18.2 Å².